The molecule has 1 aliphatic rings. The second-order valence-corrected chi connectivity index (χ2v) is 9.58. The number of carbonyl (C=O) groups excluding carboxylic acids is 1. The van der Waals surface area contributed by atoms with E-state index in [1.54, 1.807) is 24.3 Å². The van der Waals surface area contributed by atoms with Gasteiger partial charge in [0.2, 0.25) is 5.90 Å². The summed E-state index contributed by atoms with van der Waals surface area (Å²) in [7, 11) is 0. The van der Waals surface area contributed by atoms with Crippen LogP contribution in [0.1, 0.15) is 22.3 Å². The number of cyclic esters (lactones) is 1. The third-order valence-corrected chi connectivity index (χ3v) is 6.49. The molecule has 4 nitrogen and oxygen atoms in total. The van der Waals surface area contributed by atoms with Gasteiger partial charge in [0.1, 0.15) is 12.4 Å². The molecule has 0 aliphatic carbocycles. The van der Waals surface area contributed by atoms with E-state index in [4.69, 9.17) is 32.7 Å². The molecule has 0 fully saturated rings. The average Bonchev–Trinajstić information content (AvgIpc) is 3.10. The van der Waals surface area contributed by atoms with Crippen LogP contribution in [0.15, 0.2) is 74.2 Å². The maximum atomic E-state index is 12.3. The lowest BCUT2D eigenvalue weighted by atomic mass is 10.1. The molecule has 1 aliphatic heterocycles. The number of ether oxygens (including phenoxy) is 2. The number of nitrogens with zero attached hydrogens (tertiary/aromatic N) is 1. The molecule has 0 spiro atoms. The Morgan fingerprint density at radius 2 is 1.78 bits per heavy atom. The van der Waals surface area contributed by atoms with Crippen molar-refractivity contribution in [1.82, 2.24) is 0 Å². The predicted octanol–water partition coefficient (Wildman–Crippen LogP) is 7.75. The third kappa shape index (κ3) is 5.26. The Morgan fingerprint density at radius 1 is 1.03 bits per heavy atom. The van der Waals surface area contributed by atoms with Crippen molar-refractivity contribution in [2.45, 2.75) is 13.5 Å². The first-order valence-corrected chi connectivity index (χ1v) is 11.8. The Morgan fingerprint density at radius 3 is 2.47 bits per heavy atom. The molecule has 0 unspecified atom stereocenters. The van der Waals surface area contributed by atoms with Gasteiger partial charge in [-0.15, -0.1) is 0 Å². The van der Waals surface area contributed by atoms with E-state index in [9.17, 15) is 4.79 Å². The van der Waals surface area contributed by atoms with Gasteiger partial charge in [0.15, 0.2) is 5.70 Å². The van der Waals surface area contributed by atoms with Gasteiger partial charge in [-0.3, -0.25) is 0 Å². The van der Waals surface area contributed by atoms with Crippen LogP contribution in [0.4, 0.5) is 0 Å². The van der Waals surface area contributed by atoms with E-state index in [0.29, 0.717) is 28.0 Å². The zero-order valence-electron chi connectivity index (χ0n) is 16.7. The highest BCUT2D eigenvalue weighted by Crippen LogP contribution is 2.36. The van der Waals surface area contributed by atoms with Crippen molar-refractivity contribution in [3.05, 3.63) is 102 Å². The van der Waals surface area contributed by atoms with Crippen molar-refractivity contribution in [2.24, 2.45) is 4.99 Å². The molecular formula is C24H15Br2Cl2NO3. The minimum atomic E-state index is -0.543. The fourth-order valence-corrected chi connectivity index (χ4v) is 4.83. The number of hydrogen-bond acceptors (Lipinski definition) is 4. The summed E-state index contributed by atoms with van der Waals surface area (Å²) >= 11 is 19.1. The minimum Gasteiger partial charge on any atom is -0.487 e. The fraction of sp³-hybridized carbons (Fsp3) is 0.0833. The zero-order valence-corrected chi connectivity index (χ0v) is 21.3. The molecule has 8 heteroatoms. The van der Waals surface area contributed by atoms with E-state index in [-0.39, 0.29) is 11.6 Å². The number of hydrogen-bond donors (Lipinski definition) is 0. The molecule has 3 aromatic carbocycles. The summed E-state index contributed by atoms with van der Waals surface area (Å²) in [5.74, 6) is 0.303. The van der Waals surface area contributed by atoms with Gasteiger partial charge in [0, 0.05) is 5.56 Å². The molecule has 0 aromatic heterocycles. The largest absolute Gasteiger partial charge is 0.487 e. The SMILES string of the molecule is Cc1cccc(COc2c(Br)cc(/C=C3\N=C(c4ccc(Cl)c(Cl)c4)OC3=O)cc2Br)c1. The molecule has 0 N–H and O–H groups in total. The van der Waals surface area contributed by atoms with Gasteiger partial charge in [0.25, 0.3) is 0 Å². The van der Waals surface area contributed by atoms with E-state index in [0.717, 1.165) is 20.1 Å². The molecule has 1 heterocycles. The van der Waals surface area contributed by atoms with Gasteiger partial charge in [-0.1, -0.05) is 53.0 Å². The van der Waals surface area contributed by atoms with E-state index in [2.05, 4.69) is 42.9 Å². The van der Waals surface area contributed by atoms with Crippen LogP contribution < -0.4 is 4.74 Å². The number of carbonyl (C=O) groups is 1. The van der Waals surface area contributed by atoms with Crippen molar-refractivity contribution in [3.63, 3.8) is 0 Å². The summed E-state index contributed by atoms with van der Waals surface area (Å²) in [4.78, 5) is 16.6. The summed E-state index contributed by atoms with van der Waals surface area (Å²) < 4.78 is 12.8. The maximum Gasteiger partial charge on any atom is 0.363 e. The monoisotopic (exact) mass is 593 g/mol. The fourth-order valence-electron chi connectivity index (χ4n) is 3.08. The zero-order chi connectivity index (χ0) is 22.8. The lowest BCUT2D eigenvalue weighted by molar-refractivity contribution is -0.129. The maximum absolute atomic E-state index is 12.3. The van der Waals surface area contributed by atoms with Crippen molar-refractivity contribution in [1.29, 1.82) is 0 Å². The highest BCUT2D eigenvalue weighted by atomic mass is 79.9. The molecule has 3 aromatic rings. The molecule has 0 bridgehead atoms. The lowest BCUT2D eigenvalue weighted by Crippen LogP contribution is -2.05. The second kappa shape index (κ2) is 9.79. The van der Waals surface area contributed by atoms with Gasteiger partial charge >= 0.3 is 5.97 Å². The number of esters is 1. The average molecular weight is 596 g/mol. The van der Waals surface area contributed by atoms with Crippen molar-refractivity contribution in [3.8, 4) is 5.75 Å². The predicted molar refractivity (Wildman–Crippen MR) is 134 cm³/mol. The normalized spacial score (nSPS) is 14.5. The van der Waals surface area contributed by atoms with Crippen LogP contribution in [-0.4, -0.2) is 11.9 Å². The van der Waals surface area contributed by atoms with Crippen LogP contribution in [0.5, 0.6) is 5.75 Å². The summed E-state index contributed by atoms with van der Waals surface area (Å²) in [5.41, 5.74) is 3.75. The summed E-state index contributed by atoms with van der Waals surface area (Å²) in [5, 5.41) is 0.768. The quantitative estimate of drug-likeness (QED) is 0.224. The standard InChI is InChI=1S/C24H15Br2Cl2NO3/c1-13-3-2-4-14(7-13)12-31-22-17(25)8-15(9-18(22)26)10-21-24(30)32-23(29-21)16-5-6-19(27)20(28)11-16/h2-11H,12H2,1H3/b21-10-. The van der Waals surface area contributed by atoms with Crippen LogP contribution in [0.2, 0.25) is 10.0 Å². The third-order valence-electron chi connectivity index (χ3n) is 4.58. The molecule has 32 heavy (non-hydrogen) atoms. The number of halogens is 4. The molecule has 162 valence electrons. The van der Waals surface area contributed by atoms with Crippen molar-refractivity contribution < 1.29 is 14.3 Å². The van der Waals surface area contributed by atoms with E-state index >= 15 is 0 Å². The number of aryl methyl sites for hydroxylation is 1. The molecule has 0 atom stereocenters. The van der Waals surface area contributed by atoms with Gasteiger partial charge in [-0.2, -0.15) is 0 Å². The topological polar surface area (TPSA) is 47.9 Å². The number of rotatable bonds is 5. The molecule has 0 radical (unpaired) electrons. The molecule has 4 rings (SSSR count). The van der Waals surface area contributed by atoms with Crippen LogP contribution >= 0.6 is 55.1 Å². The molecule has 0 saturated heterocycles. The van der Waals surface area contributed by atoms with Gasteiger partial charge in [-0.25, -0.2) is 9.79 Å². The number of aliphatic imine (C=N–C) groups is 1. The minimum absolute atomic E-state index is 0.177. The van der Waals surface area contributed by atoms with Crippen LogP contribution in [0, 0.1) is 6.92 Å². The molecular weight excluding hydrogens is 581 g/mol. The van der Waals surface area contributed by atoms with E-state index in [1.165, 1.54) is 5.56 Å². The summed E-state index contributed by atoms with van der Waals surface area (Å²) in [6, 6.07) is 16.8. The van der Waals surface area contributed by atoms with Crippen molar-refractivity contribution >= 4 is 73.0 Å². The molecule has 0 amide bonds. The highest BCUT2D eigenvalue weighted by Gasteiger charge is 2.25. The van der Waals surface area contributed by atoms with E-state index < -0.39 is 5.97 Å². The van der Waals surface area contributed by atoms with Crippen LogP contribution in [0.3, 0.4) is 0 Å². The first-order chi connectivity index (χ1) is 15.3. The Labute approximate surface area is 212 Å². The Hall–Kier alpha value is -2.12. The van der Waals surface area contributed by atoms with Crippen LogP contribution in [0.25, 0.3) is 6.08 Å². The number of benzene rings is 3. The highest BCUT2D eigenvalue weighted by molar-refractivity contribution is 9.11. The van der Waals surface area contributed by atoms with Crippen LogP contribution in [-0.2, 0) is 16.1 Å². The smallest absolute Gasteiger partial charge is 0.363 e. The van der Waals surface area contributed by atoms with Gasteiger partial charge in [-0.05, 0) is 86.3 Å². The summed E-state index contributed by atoms with van der Waals surface area (Å²) in [6.45, 7) is 2.48. The molecule has 0 saturated carbocycles. The van der Waals surface area contributed by atoms with Gasteiger partial charge in [0.05, 0.1) is 19.0 Å². The summed E-state index contributed by atoms with van der Waals surface area (Å²) in [6.07, 6.45) is 1.65. The van der Waals surface area contributed by atoms with Crippen molar-refractivity contribution in [2.75, 3.05) is 0 Å². The Balaban J connectivity index is 1.56. The lowest BCUT2D eigenvalue weighted by Gasteiger charge is -2.12. The second-order valence-electron chi connectivity index (χ2n) is 7.06. The first kappa shape index (κ1) is 23.1. The Kier molecular flexibility index (Phi) is 7.05. The Bertz CT molecular complexity index is 1260. The first-order valence-electron chi connectivity index (χ1n) is 9.45. The van der Waals surface area contributed by atoms with E-state index in [1.807, 2.05) is 37.3 Å². The van der Waals surface area contributed by atoms with Gasteiger partial charge < -0.3 is 9.47 Å².